The first kappa shape index (κ1) is 71.5. The number of hydrogen-bond acceptors (Lipinski definition) is 18. The summed E-state index contributed by atoms with van der Waals surface area (Å²) in [6.45, 7) is -7.30. The number of amides is 2. The lowest BCUT2D eigenvalue weighted by atomic mass is 10.1. The van der Waals surface area contributed by atoms with Gasteiger partial charge < -0.3 is 53.7 Å². The number of rotatable bonds is 18. The minimum Gasteiger partial charge on any atom is -0.778 e. The van der Waals surface area contributed by atoms with Crippen molar-refractivity contribution in [3.63, 3.8) is 0 Å². The molecular formula is C42H39Cl3F7N6O20PS2. The van der Waals surface area contributed by atoms with Crippen LogP contribution in [0.5, 0.6) is 29.0 Å². The smallest absolute Gasteiger partial charge is 0.416 e. The van der Waals surface area contributed by atoms with Gasteiger partial charge in [0, 0.05) is 12.1 Å². The Bertz CT molecular complexity index is 3180. The molecule has 0 spiro atoms. The number of sulfonamides is 1. The van der Waals surface area contributed by atoms with E-state index in [0.717, 1.165) is 42.5 Å². The standard InChI is InChI=1S/C14H7ClF3NO5.C14H10F4N4O7S.C8H6Cl2O3.C3H8NO5P.C3H9S/c15-10-5-7(14(16,17)18)1-4-12(10)24-8-2-3-11(19(22)23)9(6-8)13(20)21;15-11(16)28-8-5-9(29-12(17)18)20-13(19-8)21-14(25)22-30(26,27)7-4-2-1-3-6(7)10(23)24;1-13-7-5(10)3-2-4(9)6(7)8(11)12;5-3(6)1-4-2-10(7,8)9;1-4(2)3/h1-6H,(H,20,21);1-5,11-12H,(H,23,24)(H2,19,20,21,22,25);2-3H,1H3,(H,11,12);4H,1-2H2,(H,5,6)(H2,7,8,9);1-3H3/q;;;;+1/p-1. The summed E-state index contributed by atoms with van der Waals surface area (Å²) in [4.78, 5) is 88.3. The molecule has 2 amide bonds. The number of nitro benzene ring substituents is 1. The number of aliphatic carboxylic acids is 1. The first-order valence-electron chi connectivity index (χ1n) is 20.5. The van der Waals surface area contributed by atoms with Crippen molar-refractivity contribution in [3.8, 4) is 29.0 Å². The van der Waals surface area contributed by atoms with Crippen LogP contribution in [0.1, 0.15) is 36.6 Å². The van der Waals surface area contributed by atoms with Crippen LogP contribution in [0.2, 0.25) is 15.1 Å². The molecule has 4 aromatic carbocycles. The van der Waals surface area contributed by atoms with Crippen LogP contribution in [0.4, 0.5) is 47.2 Å². The van der Waals surface area contributed by atoms with E-state index in [-0.39, 0.29) is 37.9 Å². The molecule has 1 heterocycles. The molecule has 5 aromatic rings. The number of aromatic carboxylic acids is 3. The molecule has 1 atom stereocenters. The molecule has 0 fully saturated rings. The summed E-state index contributed by atoms with van der Waals surface area (Å²) in [5.41, 5.74) is -3.01. The number of aromatic nitrogens is 2. The van der Waals surface area contributed by atoms with Gasteiger partial charge in [0.1, 0.15) is 35.1 Å². The monoisotopic (exact) mass is 1280 g/mol. The Morgan fingerprint density at radius 2 is 1.32 bits per heavy atom. The van der Waals surface area contributed by atoms with Gasteiger partial charge in [-0.25, -0.2) is 32.3 Å². The van der Waals surface area contributed by atoms with Crippen molar-refractivity contribution in [2.75, 3.05) is 44.0 Å². The number of anilines is 1. The maximum atomic E-state index is 12.6. The molecule has 0 radical (unpaired) electrons. The molecule has 81 heavy (non-hydrogen) atoms. The summed E-state index contributed by atoms with van der Waals surface area (Å²) in [5, 5.41) is 49.2. The molecule has 5 rings (SSSR count). The Balaban J connectivity index is 0.000000568. The summed E-state index contributed by atoms with van der Waals surface area (Å²) in [7, 11) is -7.08. The Labute approximate surface area is 468 Å². The number of carbonyl (C=O) groups is 5. The highest BCUT2D eigenvalue weighted by Gasteiger charge is 2.31. The van der Waals surface area contributed by atoms with Crippen LogP contribution in [-0.2, 0) is 36.5 Å². The van der Waals surface area contributed by atoms with Crippen molar-refractivity contribution in [1.82, 2.24) is 20.0 Å². The van der Waals surface area contributed by atoms with E-state index in [9.17, 15) is 82.7 Å². The van der Waals surface area contributed by atoms with Gasteiger partial charge in [0.2, 0.25) is 17.7 Å². The van der Waals surface area contributed by atoms with E-state index in [1.54, 1.807) is 5.32 Å². The summed E-state index contributed by atoms with van der Waals surface area (Å²) in [6, 6.07) is 11.4. The van der Waals surface area contributed by atoms with Gasteiger partial charge in [0.25, 0.3) is 15.7 Å². The largest absolute Gasteiger partial charge is 0.778 e. The van der Waals surface area contributed by atoms with E-state index >= 15 is 0 Å². The van der Waals surface area contributed by atoms with Crippen LogP contribution in [-0.4, -0.2) is 130 Å². The molecule has 26 nitrogen and oxygen atoms in total. The fourth-order valence-corrected chi connectivity index (χ4v) is 7.16. The van der Waals surface area contributed by atoms with Crippen LogP contribution in [0.3, 0.4) is 0 Å². The van der Waals surface area contributed by atoms with E-state index < -0.39 is 130 Å². The predicted molar refractivity (Wildman–Crippen MR) is 270 cm³/mol. The fraction of sp³-hybridized carbons (Fsp3) is 0.214. The van der Waals surface area contributed by atoms with Crippen LogP contribution in [0, 0.1) is 10.1 Å². The number of nitro groups is 1. The van der Waals surface area contributed by atoms with Crippen molar-refractivity contribution in [2.24, 2.45) is 0 Å². The second-order valence-electron chi connectivity index (χ2n) is 14.6. The lowest BCUT2D eigenvalue weighted by molar-refractivity contribution is -0.385. The number of hydrogen-bond donors (Lipinski definition) is 8. The number of carboxylic acid groups (broad SMARTS) is 4. The molecule has 0 saturated carbocycles. The van der Waals surface area contributed by atoms with E-state index in [1.165, 1.54) is 36.1 Å². The normalized spacial score (nSPS) is 11.5. The Kier molecular flexibility index (Phi) is 28.9. The van der Waals surface area contributed by atoms with E-state index in [1.807, 2.05) is 5.32 Å². The van der Waals surface area contributed by atoms with E-state index in [4.69, 9.17) is 69.6 Å². The third-order valence-corrected chi connectivity index (χ3v) is 10.8. The van der Waals surface area contributed by atoms with E-state index in [0.29, 0.717) is 23.0 Å². The highest BCUT2D eigenvalue weighted by Crippen LogP contribution is 2.38. The van der Waals surface area contributed by atoms with Gasteiger partial charge in [-0.3, -0.25) is 25.5 Å². The molecule has 1 aromatic heterocycles. The first-order chi connectivity index (χ1) is 37.3. The number of ether oxygens (including phenoxy) is 4. The minimum absolute atomic E-state index is 0.0849. The molecule has 444 valence electrons. The summed E-state index contributed by atoms with van der Waals surface area (Å²) in [6.07, 6.45) is 1.30. The molecule has 1 unspecified atom stereocenters. The van der Waals surface area contributed by atoms with Crippen LogP contribution < -0.4 is 39.2 Å². The van der Waals surface area contributed by atoms with Crippen LogP contribution in [0.25, 0.3) is 0 Å². The number of nitrogens with one attached hydrogen (secondary N) is 3. The number of carbonyl (C=O) groups excluding carboxylic acids is 1. The van der Waals surface area contributed by atoms with Gasteiger partial charge in [-0.1, -0.05) is 46.9 Å². The lowest BCUT2D eigenvalue weighted by Crippen LogP contribution is -2.35. The first-order valence-corrected chi connectivity index (χ1v) is 27.3. The summed E-state index contributed by atoms with van der Waals surface area (Å²) in [5.74, 6) is -8.54. The zero-order chi connectivity index (χ0) is 62.3. The van der Waals surface area contributed by atoms with Gasteiger partial charge in [-0.15, -0.1) is 0 Å². The number of methoxy groups -OCH3 is 1. The molecule has 0 bridgehead atoms. The Morgan fingerprint density at radius 3 is 1.75 bits per heavy atom. The topological polar surface area (TPSA) is 403 Å². The van der Waals surface area contributed by atoms with Crippen LogP contribution >= 0.6 is 42.4 Å². The summed E-state index contributed by atoms with van der Waals surface area (Å²) < 4.78 is 141. The predicted octanol–water partition coefficient (Wildman–Crippen LogP) is 8.00. The van der Waals surface area contributed by atoms with Gasteiger partial charge in [0.15, 0.2) is 5.75 Å². The number of nitrogens with zero attached hydrogens (tertiary/aromatic N) is 3. The quantitative estimate of drug-likeness (QED) is 0.0135. The van der Waals surface area contributed by atoms with Crippen molar-refractivity contribution in [3.05, 3.63) is 126 Å². The van der Waals surface area contributed by atoms with Crippen molar-refractivity contribution in [2.45, 2.75) is 24.3 Å². The molecule has 0 aliphatic heterocycles. The molecular weight excluding hydrogens is 1240 g/mol. The second kappa shape index (κ2) is 32.7. The van der Waals surface area contributed by atoms with Crippen molar-refractivity contribution in [1.29, 1.82) is 0 Å². The number of benzene rings is 4. The maximum Gasteiger partial charge on any atom is 0.416 e. The zero-order valence-electron chi connectivity index (χ0n) is 40.8. The molecule has 0 saturated heterocycles. The number of carboxylic acids is 4. The number of halogens is 10. The maximum absolute atomic E-state index is 12.6. The van der Waals surface area contributed by atoms with Gasteiger partial charge >= 0.3 is 49.3 Å². The van der Waals surface area contributed by atoms with Crippen molar-refractivity contribution < 1.29 is 122 Å². The Morgan fingerprint density at radius 1 is 0.790 bits per heavy atom. The summed E-state index contributed by atoms with van der Waals surface area (Å²) >= 11 is 17.1. The second-order valence-corrected chi connectivity index (χ2v) is 21.5. The van der Waals surface area contributed by atoms with E-state index in [2.05, 4.69) is 38.2 Å². The number of urea groups is 1. The average molecular weight is 1280 g/mol. The Hall–Kier alpha value is -7.50. The number of alkyl halides is 7. The minimum atomic E-state index is -4.71. The third-order valence-electron chi connectivity index (χ3n) is 7.90. The van der Waals surface area contributed by atoms with Gasteiger partial charge in [0.05, 0.1) is 75.9 Å². The molecule has 8 N–H and O–H groups in total. The SMILES string of the molecule is COc1c(Cl)ccc(Cl)c1C(=O)O.C[S+](C)C.O=C(Nc1nc(OC(F)F)cc(OC(F)F)n1)NS(=O)(=O)c1ccccc1C(=O)O.O=C(O)CNCP(=O)([O-])O.O=C(O)c1cc(Oc2ccc(C(F)(F)F)cc2Cl)ccc1[N+](=O)[O-]. The van der Waals surface area contributed by atoms with Gasteiger partial charge in [-0.2, -0.15) is 40.7 Å². The van der Waals surface area contributed by atoms with Gasteiger partial charge in [-0.05, 0) is 59.4 Å². The third kappa shape index (κ3) is 26.5. The molecule has 39 heteroatoms. The van der Waals surface area contributed by atoms with Crippen molar-refractivity contribution >= 4 is 105 Å². The highest BCUT2D eigenvalue weighted by molar-refractivity contribution is 7.94. The fourth-order valence-electron chi connectivity index (χ4n) is 4.98. The van der Waals surface area contributed by atoms with Crippen LogP contribution in [0.15, 0.2) is 83.8 Å². The average Bonchev–Trinajstić information content (AvgIpc) is 3.40. The zero-order valence-corrected chi connectivity index (χ0v) is 45.6. The molecule has 0 aliphatic rings. The molecule has 0 aliphatic carbocycles. The highest BCUT2D eigenvalue weighted by atomic mass is 35.5. The lowest BCUT2D eigenvalue weighted by Gasteiger charge is -2.14.